The van der Waals surface area contributed by atoms with Crippen LogP contribution in [0.1, 0.15) is 43.4 Å². The number of anilines is 1. The van der Waals surface area contributed by atoms with E-state index < -0.39 is 5.97 Å². The molecule has 1 aromatic rings. The molecule has 1 N–H and O–H groups in total. The second kappa shape index (κ2) is 5.77. The van der Waals surface area contributed by atoms with Crippen molar-refractivity contribution in [2.24, 2.45) is 5.92 Å². The molecule has 1 aliphatic heterocycles. The Morgan fingerprint density at radius 2 is 2.05 bits per heavy atom. The highest BCUT2D eigenvalue weighted by molar-refractivity contribution is 5.71. The molecule has 0 radical (unpaired) electrons. The van der Waals surface area contributed by atoms with E-state index in [1.165, 1.54) is 24.8 Å². The van der Waals surface area contributed by atoms with Crippen LogP contribution in [0.2, 0.25) is 0 Å². The lowest BCUT2D eigenvalue weighted by molar-refractivity contribution is -0.141. The number of aryl methyl sites for hydroxylation is 2. The van der Waals surface area contributed by atoms with Crippen molar-refractivity contribution >= 4 is 11.8 Å². The quantitative estimate of drug-likeness (QED) is 0.837. The molecule has 0 aromatic carbocycles. The largest absolute Gasteiger partial charge is 0.481 e. The van der Waals surface area contributed by atoms with Crippen LogP contribution < -0.4 is 4.90 Å². The van der Waals surface area contributed by atoms with Crippen LogP contribution in [0.4, 0.5) is 5.82 Å². The summed E-state index contributed by atoms with van der Waals surface area (Å²) in [7, 11) is 0. The summed E-state index contributed by atoms with van der Waals surface area (Å²) in [6.45, 7) is 1.44. The van der Waals surface area contributed by atoms with E-state index in [4.69, 9.17) is 5.11 Å². The Morgan fingerprint density at radius 3 is 2.90 bits per heavy atom. The van der Waals surface area contributed by atoms with Crippen molar-refractivity contribution in [2.75, 3.05) is 18.0 Å². The lowest BCUT2D eigenvalue weighted by Crippen LogP contribution is -2.39. The lowest BCUT2D eigenvalue weighted by Gasteiger charge is -2.31. The van der Waals surface area contributed by atoms with Gasteiger partial charge in [-0.1, -0.05) is 6.42 Å². The van der Waals surface area contributed by atoms with E-state index in [0.29, 0.717) is 6.54 Å². The molecule has 1 fully saturated rings. The number of aliphatic carboxylic acids is 1. The first kappa shape index (κ1) is 13.3. The van der Waals surface area contributed by atoms with E-state index in [9.17, 15) is 4.79 Å². The van der Waals surface area contributed by atoms with Gasteiger partial charge < -0.3 is 10.0 Å². The van der Waals surface area contributed by atoms with Crippen molar-refractivity contribution in [1.82, 2.24) is 10.2 Å². The molecule has 1 aromatic heterocycles. The molecule has 108 valence electrons. The fourth-order valence-corrected chi connectivity index (χ4v) is 3.20. The van der Waals surface area contributed by atoms with Gasteiger partial charge in [0.2, 0.25) is 0 Å². The third kappa shape index (κ3) is 2.76. The number of rotatable bonds is 2. The Morgan fingerprint density at radius 1 is 1.20 bits per heavy atom. The molecule has 0 bridgehead atoms. The van der Waals surface area contributed by atoms with Gasteiger partial charge in [0, 0.05) is 13.1 Å². The molecule has 20 heavy (non-hydrogen) atoms. The summed E-state index contributed by atoms with van der Waals surface area (Å²) >= 11 is 0. The molecule has 1 aliphatic carbocycles. The second-order valence-corrected chi connectivity index (χ2v) is 5.86. The van der Waals surface area contributed by atoms with Crippen molar-refractivity contribution < 1.29 is 9.90 Å². The first-order valence-electron chi connectivity index (χ1n) is 7.57. The summed E-state index contributed by atoms with van der Waals surface area (Å²) in [4.78, 5) is 13.2. The molecule has 5 heteroatoms. The number of carboxylic acid groups (broad SMARTS) is 1. The van der Waals surface area contributed by atoms with Crippen LogP contribution in [0.25, 0.3) is 0 Å². The van der Waals surface area contributed by atoms with Crippen molar-refractivity contribution in [1.29, 1.82) is 0 Å². The van der Waals surface area contributed by atoms with Gasteiger partial charge >= 0.3 is 5.97 Å². The highest BCUT2D eigenvalue weighted by atomic mass is 16.4. The predicted molar refractivity (Wildman–Crippen MR) is 75.9 cm³/mol. The van der Waals surface area contributed by atoms with E-state index >= 15 is 0 Å². The van der Waals surface area contributed by atoms with Gasteiger partial charge in [-0.05, 0) is 50.2 Å². The minimum atomic E-state index is -0.697. The van der Waals surface area contributed by atoms with E-state index in [1.807, 2.05) is 0 Å². The van der Waals surface area contributed by atoms with Gasteiger partial charge in [-0.15, -0.1) is 5.10 Å². The number of fused-ring (bicyclic) bond motifs is 1. The third-order valence-corrected chi connectivity index (χ3v) is 4.40. The Labute approximate surface area is 119 Å². The fraction of sp³-hybridized carbons (Fsp3) is 0.667. The average molecular weight is 275 g/mol. The van der Waals surface area contributed by atoms with E-state index in [0.717, 1.165) is 43.7 Å². The highest BCUT2D eigenvalue weighted by Gasteiger charge is 2.26. The number of hydrogen-bond donors (Lipinski definition) is 1. The van der Waals surface area contributed by atoms with Crippen molar-refractivity contribution in [3.8, 4) is 0 Å². The van der Waals surface area contributed by atoms with Gasteiger partial charge in [0.05, 0.1) is 11.6 Å². The summed E-state index contributed by atoms with van der Waals surface area (Å²) in [6, 6.07) is 2.14. The molecule has 2 aliphatic rings. The van der Waals surface area contributed by atoms with Crippen LogP contribution in [-0.2, 0) is 17.6 Å². The number of carbonyl (C=O) groups is 1. The maximum absolute atomic E-state index is 11.1. The van der Waals surface area contributed by atoms with Crippen LogP contribution in [-0.4, -0.2) is 34.4 Å². The molecule has 3 rings (SSSR count). The Bertz CT molecular complexity index is 504. The van der Waals surface area contributed by atoms with Gasteiger partial charge in [-0.3, -0.25) is 4.79 Å². The van der Waals surface area contributed by atoms with Gasteiger partial charge in [0.25, 0.3) is 0 Å². The highest BCUT2D eigenvalue weighted by Crippen LogP contribution is 2.25. The topological polar surface area (TPSA) is 66.3 Å². The van der Waals surface area contributed by atoms with Crippen LogP contribution in [0, 0.1) is 5.92 Å². The standard InChI is InChI=1S/C15H21N3O2/c19-15(20)12-6-4-8-18(10-12)14-9-11-5-2-1-3-7-13(11)16-17-14/h9,12H,1-8,10H2,(H,19,20)/t12-/m0/s1. The average Bonchev–Trinajstić information content (AvgIpc) is 2.71. The lowest BCUT2D eigenvalue weighted by atomic mass is 9.98. The molecule has 5 nitrogen and oxygen atoms in total. The molecular weight excluding hydrogens is 254 g/mol. The van der Waals surface area contributed by atoms with Crippen LogP contribution in [0.15, 0.2) is 6.07 Å². The van der Waals surface area contributed by atoms with Crippen LogP contribution in [0.5, 0.6) is 0 Å². The molecule has 1 saturated heterocycles. The zero-order chi connectivity index (χ0) is 13.9. The normalized spacial score (nSPS) is 23.0. The molecule has 0 spiro atoms. The third-order valence-electron chi connectivity index (χ3n) is 4.40. The molecule has 0 amide bonds. The predicted octanol–water partition coefficient (Wildman–Crippen LogP) is 2.05. The van der Waals surface area contributed by atoms with E-state index in [2.05, 4.69) is 21.2 Å². The first-order valence-corrected chi connectivity index (χ1v) is 7.57. The van der Waals surface area contributed by atoms with Crippen molar-refractivity contribution in [3.63, 3.8) is 0 Å². The Kier molecular flexibility index (Phi) is 3.85. The number of aromatic nitrogens is 2. The first-order chi connectivity index (χ1) is 9.74. The van der Waals surface area contributed by atoms with E-state index in [-0.39, 0.29) is 5.92 Å². The monoisotopic (exact) mass is 275 g/mol. The number of carboxylic acids is 1. The zero-order valence-electron chi connectivity index (χ0n) is 11.7. The number of piperidine rings is 1. The summed E-state index contributed by atoms with van der Waals surface area (Å²) in [5, 5.41) is 17.9. The SMILES string of the molecule is O=C(O)[C@H]1CCCN(c2cc3c(nn2)CCCCC3)C1. The minimum absolute atomic E-state index is 0.274. The maximum Gasteiger partial charge on any atom is 0.308 e. The summed E-state index contributed by atoms with van der Waals surface area (Å²) < 4.78 is 0. The van der Waals surface area contributed by atoms with Crippen molar-refractivity contribution in [3.05, 3.63) is 17.3 Å². The second-order valence-electron chi connectivity index (χ2n) is 5.86. The smallest absolute Gasteiger partial charge is 0.308 e. The number of nitrogens with zero attached hydrogens (tertiary/aromatic N) is 3. The molecule has 1 atom stereocenters. The van der Waals surface area contributed by atoms with Crippen molar-refractivity contribution in [2.45, 2.75) is 44.9 Å². The van der Waals surface area contributed by atoms with Gasteiger partial charge in [-0.2, -0.15) is 5.10 Å². The van der Waals surface area contributed by atoms with Gasteiger partial charge in [0.15, 0.2) is 5.82 Å². The fourth-order valence-electron chi connectivity index (χ4n) is 3.20. The Balaban J connectivity index is 1.79. The van der Waals surface area contributed by atoms with Crippen LogP contribution in [0.3, 0.4) is 0 Å². The number of hydrogen-bond acceptors (Lipinski definition) is 4. The van der Waals surface area contributed by atoms with Crippen LogP contribution >= 0.6 is 0 Å². The summed E-state index contributed by atoms with van der Waals surface area (Å²) in [5.41, 5.74) is 2.45. The van der Waals surface area contributed by atoms with Gasteiger partial charge in [0.1, 0.15) is 0 Å². The van der Waals surface area contributed by atoms with E-state index in [1.54, 1.807) is 0 Å². The molecule has 2 heterocycles. The molecule has 0 unspecified atom stereocenters. The molecule has 0 saturated carbocycles. The Hall–Kier alpha value is -1.65. The maximum atomic E-state index is 11.1. The summed E-state index contributed by atoms with van der Waals surface area (Å²) in [6.07, 6.45) is 7.46. The zero-order valence-corrected chi connectivity index (χ0v) is 11.7. The summed E-state index contributed by atoms with van der Waals surface area (Å²) in [5.74, 6) is -0.113. The molecular formula is C15H21N3O2. The van der Waals surface area contributed by atoms with Gasteiger partial charge in [-0.25, -0.2) is 0 Å². The minimum Gasteiger partial charge on any atom is -0.481 e.